The lowest BCUT2D eigenvalue weighted by Crippen LogP contribution is -2.44. The van der Waals surface area contributed by atoms with E-state index in [1.165, 1.54) is 0 Å². The standard InChI is InChI=1S/C18H36N4O4S2/c1-2-19-18(20-6-3-10-26-16-17-4-11-25-12-5-17)21-7-15-28(23,24)22-8-13-27-14-9-22/h17H,2-16H2,1H3,(H2,19,20,21). The first kappa shape index (κ1) is 23.7. The van der Waals surface area contributed by atoms with Gasteiger partial charge in [-0.05, 0) is 32.1 Å². The van der Waals surface area contributed by atoms with Gasteiger partial charge in [-0.3, -0.25) is 4.99 Å². The topological polar surface area (TPSA) is 92.3 Å². The minimum atomic E-state index is -3.19. The Morgan fingerprint density at radius 3 is 2.71 bits per heavy atom. The number of hydrogen-bond acceptors (Lipinski definition) is 6. The average molecular weight is 437 g/mol. The molecule has 0 aromatic rings. The molecule has 0 aromatic carbocycles. The van der Waals surface area contributed by atoms with E-state index in [9.17, 15) is 8.42 Å². The Kier molecular flexibility index (Phi) is 11.6. The Labute approximate surface area is 174 Å². The van der Waals surface area contributed by atoms with Crippen LogP contribution < -0.4 is 10.6 Å². The number of rotatable bonds is 11. The van der Waals surface area contributed by atoms with Crippen molar-refractivity contribution in [3.05, 3.63) is 0 Å². The molecule has 0 aromatic heterocycles. The molecule has 28 heavy (non-hydrogen) atoms. The fraction of sp³-hybridized carbons (Fsp3) is 0.944. The molecule has 164 valence electrons. The van der Waals surface area contributed by atoms with Crippen LogP contribution in [-0.2, 0) is 19.5 Å². The SMILES string of the molecule is CCNC(=NCCCOCC1CCOCC1)NCCS(=O)(=O)N1CCSCC1. The van der Waals surface area contributed by atoms with Gasteiger partial charge < -0.3 is 20.1 Å². The highest BCUT2D eigenvalue weighted by molar-refractivity contribution is 7.99. The molecule has 0 atom stereocenters. The summed E-state index contributed by atoms with van der Waals surface area (Å²) in [7, 11) is -3.19. The van der Waals surface area contributed by atoms with Crippen molar-refractivity contribution in [2.75, 3.05) is 76.4 Å². The fourth-order valence-electron chi connectivity index (χ4n) is 3.11. The molecule has 2 N–H and O–H groups in total. The summed E-state index contributed by atoms with van der Waals surface area (Å²) < 4.78 is 37.5. The third-order valence-electron chi connectivity index (χ3n) is 4.77. The van der Waals surface area contributed by atoms with Crippen LogP contribution in [0.5, 0.6) is 0 Å². The molecular weight excluding hydrogens is 400 g/mol. The second-order valence-electron chi connectivity index (χ2n) is 7.00. The molecule has 10 heteroatoms. The lowest BCUT2D eigenvalue weighted by molar-refractivity contribution is 0.0205. The van der Waals surface area contributed by atoms with Gasteiger partial charge in [-0.1, -0.05) is 0 Å². The number of thioether (sulfide) groups is 1. The van der Waals surface area contributed by atoms with Gasteiger partial charge in [0.2, 0.25) is 10.0 Å². The summed E-state index contributed by atoms with van der Waals surface area (Å²) in [4.78, 5) is 4.51. The quantitative estimate of drug-likeness (QED) is 0.281. The van der Waals surface area contributed by atoms with Gasteiger partial charge >= 0.3 is 0 Å². The van der Waals surface area contributed by atoms with Crippen LogP contribution in [0.15, 0.2) is 4.99 Å². The van der Waals surface area contributed by atoms with Crippen LogP contribution in [0.4, 0.5) is 0 Å². The number of nitrogens with zero attached hydrogens (tertiary/aromatic N) is 2. The van der Waals surface area contributed by atoms with Crippen LogP contribution in [0.25, 0.3) is 0 Å². The van der Waals surface area contributed by atoms with E-state index >= 15 is 0 Å². The van der Waals surface area contributed by atoms with Crippen molar-refractivity contribution in [2.45, 2.75) is 26.2 Å². The van der Waals surface area contributed by atoms with Crippen molar-refractivity contribution in [3.8, 4) is 0 Å². The maximum absolute atomic E-state index is 12.4. The van der Waals surface area contributed by atoms with Crippen molar-refractivity contribution < 1.29 is 17.9 Å². The zero-order valence-corrected chi connectivity index (χ0v) is 18.7. The van der Waals surface area contributed by atoms with Gasteiger partial charge in [0.25, 0.3) is 0 Å². The zero-order valence-electron chi connectivity index (χ0n) is 17.0. The lowest BCUT2D eigenvalue weighted by atomic mass is 10.0. The summed E-state index contributed by atoms with van der Waals surface area (Å²) in [6.07, 6.45) is 3.03. The van der Waals surface area contributed by atoms with Gasteiger partial charge in [0.05, 0.1) is 5.75 Å². The van der Waals surface area contributed by atoms with Crippen LogP contribution in [0.3, 0.4) is 0 Å². The molecule has 0 spiro atoms. The molecule has 0 radical (unpaired) electrons. The van der Waals surface area contributed by atoms with Crippen LogP contribution >= 0.6 is 11.8 Å². The molecule has 2 rings (SSSR count). The Bertz CT molecular complexity index is 548. The van der Waals surface area contributed by atoms with Crippen LogP contribution in [0.2, 0.25) is 0 Å². The molecule has 0 aliphatic carbocycles. The summed E-state index contributed by atoms with van der Waals surface area (Å²) in [6, 6.07) is 0. The second kappa shape index (κ2) is 13.6. The van der Waals surface area contributed by atoms with E-state index in [1.807, 2.05) is 6.92 Å². The summed E-state index contributed by atoms with van der Waals surface area (Å²) in [5, 5.41) is 6.30. The molecule has 0 unspecified atom stereocenters. The molecular formula is C18H36N4O4S2. The Balaban J connectivity index is 1.61. The predicted molar refractivity (Wildman–Crippen MR) is 116 cm³/mol. The Morgan fingerprint density at radius 1 is 1.25 bits per heavy atom. The Hall–Kier alpha value is -0.550. The van der Waals surface area contributed by atoms with Crippen molar-refractivity contribution >= 4 is 27.7 Å². The van der Waals surface area contributed by atoms with E-state index in [0.29, 0.717) is 44.7 Å². The first-order valence-electron chi connectivity index (χ1n) is 10.3. The molecule has 8 nitrogen and oxygen atoms in total. The van der Waals surface area contributed by atoms with Crippen LogP contribution in [0, 0.1) is 5.92 Å². The van der Waals surface area contributed by atoms with Crippen molar-refractivity contribution in [3.63, 3.8) is 0 Å². The van der Waals surface area contributed by atoms with E-state index in [-0.39, 0.29) is 5.75 Å². The normalized spacial score (nSPS) is 20.2. The van der Waals surface area contributed by atoms with Crippen LogP contribution in [-0.4, -0.2) is 95.1 Å². The van der Waals surface area contributed by atoms with E-state index in [2.05, 4.69) is 15.6 Å². The van der Waals surface area contributed by atoms with Crippen LogP contribution in [0.1, 0.15) is 26.2 Å². The lowest BCUT2D eigenvalue weighted by Gasteiger charge is -2.25. The number of sulfonamides is 1. The highest BCUT2D eigenvalue weighted by Gasteiger charge is 2.23. The second-order valence-corrected chi connectivity index (χ2v) is 10.3. The largest absolute Gasteiger partial charge is 0.381 e. The van der Waals surface area contributed by atoms with Crippen molar-refractivity contribution in [1.82, 2.24) is 14.9 Å². The maximum atomic E-state index is 12.4. The number of hydrogen-bond donors (Lipinski definition) is 2. The van der Waals surface area contributed by atoms with Crippen molar-refractivity contribution in [2.24, 2.45) is 10.9 Å². The van der Waals surface area contributed by atoms with E-state index in [0.717, 1.165) is 57.1 Å². The highest BCUT2D eigenvalue weighted by atomic mass is 32.2. The van der Waals surface area contributed by atoms with Gasteiger partial charge in [-0.2, -0.15) is 11.8 Å². The van der Waals surface area contributed by atoms with Gasteiger partial charge in [-0.25, -0.2) is 12.7 Å². The summed E-state index contributed by atoms with van der Waals surface area (Å²) in [5.41, 5.74) is 0. The smallest absolute Gasteiger partial charge is 0.215 e. The van der Waals surface area contributed by atoms with Gasteiger partial charge in [0.15, 0.2) is 5.96 Å². The highest BCUT2D eigenvalue weighted by Crippen LogP contribution is 2.15. The molecule has 2 fully saturated rings. The van der Waals surface area contributed by atoms with E-state index in [1.54, 1.807) is 16.1 Å². The minimum Gasteiger partial charge on any atom is -0.381 e. The molecule has 2 aliphatic heterocycles. The van der Waals surface area contributed by atoms with Gasteiger partial charge in [0, 0.05) is 70.7 Å². The summed E-state index contributed by atoms with van der Waals surface area (Å²) >= 11 is 1.81. The summed E-state index contributed by atoms with van der Waals surface area (Å²) in [6.45, 7) is 8.19. The number of ether oxygens (including phenoxy) is 2. The van der Waals surface area contributed by atoms with Gasteiger partial charge in [0.1, 0.15) is 0 Å². The monoisotopic (exact) mass is 436 g/mol. The maximum Gasteiger partial charge on any atom is 0.215 e. The molecule has 2 heterocycles. The molecule has 0 saturated carbocycles. The minimum absolute atomic E-state index is 0.0935. The molecule has 2 saturated heterocycles. The predicted octanol–water partition coefficient (Wildman–Crippen LogP) is 0.753. The molecule has 2 aliphatic rings. The van der Waals surface area contributed by atoms with Crippen molar-refractivity contribution in [1.29, 1.82) is 0 Å². The number of nitrogens with one attached hydrogen (secondary N) is 2. The fourth-order valence-corrected chi connectivity index (χ4v) is 5.61. The third kappa shape index (κ3) is 9.30. The third-order valence-corrected chi connectivity index (χ3v) is 7.59. The summed E-state index contributed by atoms with van der Waals surface area (Å²) in [5.74, 6) is 3.14. The first-order valence-corrected chi connectivity index (χ1v) is 13.1. The molecule has 0 amide bonds. The molecule has 0 bridgehead atoms. The average Bonchev–Trinajstić information content (AvgIpc) is 2.72. The number of aliphatic imine (C=N–C) groups is 1. The van der Waals surface area contributed by atoms with E-state index in [4.69, 9.17) is 9.47 Å². The first-order chi connectivity index (χ1) is 13.6. The number of guanidine groups is 1. The zero-order chi connectivity index (χ0) is 20.1. The Morgan fingerprint density at radius 2 is 2.00 bits per heavy atom. The van der Waals surface area contributed by atoms with Gasteiger partial charge in [-0.15, -0.1) is 0 Å². The van der Waals surface area contributed by atoms with E-state index < -0.39 is 10.0 Å².